The van der Waals surface area contributed by atoms with Gasteiger partial charge in [0.2, 0.25) is 5.91 Å². The normalized spacial score (nSPS) is 12.3. The van der Waals surface area contributed by atoms with Gasteiger partial charge in [0, 0.05) is 13.6 Å². The van der Waals surface area contributed by atoms with Crippen LogP contribution in [0.5, 0.6) is 0 Å². The number of hydrogen-bond donors (Lipinski definition) is 2. The van der Waals surface area contributed by atoms with Crippen molar-refractivity contribution in [1.82, 2.24) is 20.0 Å². The number of anilines is 1. The van der Waals surface area contributed by atoms with Crippen LogP contribution in [-0.4, -0.2) is 54.3 Å². The number of nitrogens with zero attached hydrogens (tertiary/aromatic N) is 3. The topological polar surface area (TPSA) is 79.3 Å². The van der Waals surface area contributed by atoms with E-state index in [1.165, 1.54) is 10.9 Å². The van der Waals surface area contributed by atoms with Crippen LogP contribution in [-0.2, 0) is 11.3 Å². The molecule has 1 aromatic rings. The Kier molecular flexibility index (Phi) is 5.97. The molecule has 0 saturated heterocycles. The number of amides is 1. The summed E-state index contributed by atoms with van der Waals surface area (Å²) in [6, 6.07) is -0.503. The number of carbonyl (C=O) groups is 1. The molecule has 1 rings (SSSR count). The molecule has 20 heavy (non-hydrogen) atoms. The van der Waals surface area contributed by atoms with Crippen LogP contribution in [0.25, 0.3) is 0 Å². The first-order valence-corrected chi connectivity index (χ1v) is 6.63. The van der Waals surface area contributed by atoms with Crippen molar-refractivity contribution in [3.63, 3.8) is 0 Å². The van der Waals surface area contributed by atoms with E-state index in [0.717, 1.165) is 0 Å². The summed E-state index contributed by atoms with van der Waals surface area (Å²) in [5.74, 6) is -0.196. The van der Waals surface area contributed by atoms with E-state index in [1.807, 2.05) is 19.0 Å². The molecule has 1 amide bonds. The molecule has 7 nitrogen and oxygen atoms in total. The van der Waals surface area contributed by atoms with E-state index in [-0.39, 0.29) is 16.5 Å². The lowest BCUT2D eigenvalue weighted by molar-refractivity contribution is -0.121. The maximum absolute atomic E-state index is 12.0. The molecule has 0 aliphatic carbocycles. The minimum absolute atomic E-state index is 0.0366. The SMILES string of the molecule is CNC(=O)C(C)Nc1cnn(CCN(C)C)c(=O)c1Cl. The van der Waals surface area contributed by atoms with Crippen LogP contribution in [0.4, 0.5) is 5.69 Å². The fourth-order valence-corrected chi connectivity index (χ4v) is 1.74. The van der Waals surface area contributed by atoms with E-state index in [1.54, 1.807) is 14.0 Å². The highest BCUT2D eigenvalue weighted by atomic mass is 35.5. The lowest BCUT2D eigenvalue weighted by Gasteiger charge is -2.15. The predicted octanol–water partition coefficient (Wildman–Crippen LogP) is 0.00470. The first kappa shape index (κ1) is 16.5. The molecule has 0 radical (unpaired) electrons. The number of aromatic nitrogens is 2. The minimum atomic E-state index is -0.503. The molecule has 1 atom stereocenters. The van der Waals surface area contributed by atoms with Crippen molar-refractivity contribution in [2.45, 2.75) is 19.5 Å². The second kappa shape index (κ2) is 7.25. The van der Waals surface area contributed by atoms with Gasteiger partial charge < -0.3 is 15.5 Å². The highest BCUT2D eigenvalue weighted by Gasteiger charge is 2.15. The van der Waals surface area contributed by atoms with Gasteiger partial charge in [-0.15, -0.1) is 0 Å². The van der Waals surface area contributed by atoms with Crippen LogP contribution in [0.3, 0.4) is 0 Å². The Bertz CT molecular complexity index is 529. The Balaban J connectivity index is 2.89. The van der Waals surface area contributed by atoms with E-state index in [9.17, 15) is 9.59 Å². The largest absolute Gasteiger partial charge is 0.371 e. The van der Waals surface area contributed by atoms with Crippen LogP contribution in [0.1, 0.15) is 6.92 Å². The second-order valence-corrected chi connectivity index (χ2v) is 5.06. The van der Waals surface area contributed by atoms with Crippen molar-refractivity contribution < 1.29 is 4.79 Å². The van der Waals surface area contributed by atoms with Gasteiger partial charge in [0.1, 0.15) is 11.1 Å². The van der Waals surface area contributed by atoms with Gasteiger partial charge in [-0.25, -0.2) is 4.68 Å². The molecule has 0 fully saturated rings. The van der Waals surface area contributed by atoms with Gasteiger partial charge in [-0.1, -0.05) is 11.6 Å². The molecule has 1 unspecified atom stereocenters. The summed E-state index contributed by atoms with van der Waals surface area (Å²) in [4.78, 5) is 25.4. The summed E-state index contributed by atoms with van der Waals surface area (Å²) in [6.07, 6.45) is 1.46. The standard InChI is InChI=1S/C12H20ClN5O2/c1-8(11(19)14-2)16-9-7-15-18(6-5-17(3)4)12(20)10(9)13/h7-8,16H,5-6H2,1-4H3,(H,14,19). The zero-order valence-electron chi connectivity index (χ0n) is 12.1. The van der Waals surface area contributed by atoms with E-state index < -0.39 is 6.04 Å². The first-order valence-electron chi connectivity index (χ1n) is 6.25. The van der Waals surface area contributed by atoms with Crippen molar-refractivity contribution in [1.29, 1.82) is 0 Å². The molecular formula is C12H20ClN5O2. The number of halogens is 1. The van der Waals surface area contributed by atoms with E-state index in [4.69, 9.17) is 11.6 Å². The first-order chi connectivity index (χ1) is 9.36. The Morgan fingerprint density at radius 3 is 2.75 bits per heavy atom. The molecule has 0 saturated carbocycles. The van der Waals surface area contributed by atoms with Crippen molar-refractivity contribution in [3.05, 3.63) is 21.6 Å². The Morgan fingerprint density at radius 1 is 1.55 bits per heavy atom. The highest BCUT2D eigenvalue weighted by molar-refractivity contribution is 6.33. The quantitative estimate of drug-likeness (QED) is 0.773. The molecule has 0 aromatic carbocycles. The molecular weight excluding hydrogens is 282 g/mol. The van der Waals surface area contributed by atoms with Crippen molar-refractivity contribution in [2.75, 3.05) is 33.0 Å². The van der Waals surface area contributed by atoms with Gasteiger partial charge in [-0.05, 0) is 21.0 Å². The number of rotatable bonds is 6. The smallest absolute Gasteiger partial charge is 0.287 e. The monoisotopic (exact) mass is 301 g/mol. The van der Waals surface area contributed by atoms with Crippen LogP contribution in [0.2, 0.25) is 5.02 Å². The summed E-state index contributed by atoms with van der Waals surface area (Å²) in [6.45, 7) is 2.81. The number of nitrogens with one attached hydrogen (secondary N) is 2. The van der Waals surface area contributed by atoms with Gasteiger partial charge in [0.15, 0.2) is 0 Å². The van der Waals surface area contributed by atoms with Crippen molar-refractivity contribution in [2.24, 2.45) is 0 Å². The average Bonchev–Trinajstić information content (AvgIpc) is 2.41. The lowest BCUT2D eigenvalue weighted by Crippen LogP contribution is -2.36. The molecule has 0 aliphatic heterocycles. The van der Waals surface area contributed by atoms with Crippen LogP contribution in [0, 0.1) is 0 Å². The van der Waals surface area contributed by atoms with Gasteiger partial charge >= 0.3 is 0 Å². The molecule has 2 N–H and O–H groups in total. The Morgan fingerprint density at radius 2 is 2.20 bits per heavy atom. The summed E-state index contributed by atoms with van der Waals surface area (Å²) >= 11 is 6.02. The van der Waals surface area contributed by atoms with Gasteiger partial charge in [0.25, 0.3) is 5.56 Å². The molecule has 1 heterocycles. The van der Waals surface area contributed by atoms with Gasteiger partial charge in [-0.3, -0.25) is 9.59 Å². The molecule has 0 aliphatic rings. The van der Waals surface area contributed by atoms with Crippen LogP contribution < -0.4 is 16.2 Å². The Labute approximate surface area is 122 Å². The third-order valence-electron chi connectivity index (χ3n) is 2.76. The molecule has 1 aromatic heterocycles. The maximum atomic E-state index is 12.0. The van der Waals surface area contributed by atoms with E-state index >= 15 is 0 Å². The van der Waals surface area contributed by atoms with Gasteiger partial charge in [-0.2, -0.15) is 5.10 Å². The maximum Gasteiger partial charge on any atom is 0.287 e. The Hall–Kier alpha value is -1.60. The zero-order valence-corrected chi connectivity index (χ0v) is 12.9. The second-order valence-electron chi connectivity index (χ2n) is 4.68. The highest BCUT2D eigenvalue weighted by Crippen LogP contribution is 2.16. The third-order valence-corrected chi connectivity index (χ3v) is 3.12. The fourth-order valence-electron chi connectivity index (χ4n) is 1.53. The number of carbonyl (C=O) groups excluding carboxylic acids is 1. The predicted molar refractivity (Wildman–Crippen MR) is 79.2 cm³/mol. The number of likely N-dealkylation sites (N-methyl/N-ethyl adjacent to an activating group) is 2. The van der Waals surface area contributed by atoms with Crippen molar-refractivity contribution >= 4 is 23.2 Å². The van der Waals surface area contributed by atoms with E-state index in [0.29, 0.717) is 18.8 Å². The summed E-state index contributed by atoms with van der Waals surface area (Å²) in [5.41, 5.74) is -0.0171. The third kappa shape index (κ3) is 4.21. The van der Waals surface area contributed by atoms with Crippen LogP contribution >= 0.6 is 11.6 Å². The summed E-state index contributed by atoms with van der Waals surface area (Å²) < 4.78 is 1.30. The molecule has 112 valence electrons. The zero-order chi connectivity index (χ0) is 15.3. The molecule has 0 bridgehead atoms. The van der Waals surface area contributed by atoms with E-state index in [2.05, 4.69) is 15.7 Å². The molecule has 0 spiro atoms. The minimum Gasteiger partial charge on any atom is -0.371 e. The number of hydrogen-bond acceptors (Lipinski definition) is 5. The lowest BCUT2D eigenvalue weighted by atomic mass is 10.3. The van der Waals surface area contributed by atoms with Crippen LogP contribution in [0.15, 0.2) is 11.0 Å². The fraction of sp³-hybridized carbons (Fsp3) is 0.583. The summed E-state index contributed by atoms with van der Waals surface area (Å²) in [5, 5.41) is 9.46. The molecule has 8 heteroatoms. The van der Waals surface area contributed by atoms with Gasteiger partial charge in [0.05, 0.1) is 18.4 Å². The summed E-state index contributed by atoms with van der Waals surface area (Å²) in [7, 11) is 5.36. The average molecular weight is 302 g/mol. The van der Waals surface area contributed by atoms with Crippen molar-refractivity contribution in [3.8, 4) is 0 Å².